The molecule has 0 radical (unpaired) electrons. The molecule has 3 rings (SSSR count). The number of anilines is 1. The second kappa shape index (κ2) is 4.94. The summed E-state index contributed by atoms with van der Waals surface area (Å²) in [7, 11) is 0. The average Bonchev–Trinajstić information content (AvgIpc) is 2.74. The first kappa shape index (κ1) is 12.6. The van der Waals surface area contributed by atoms with Crippen molar-refractivity contribution >= 4 is 16.5 Å². The predicted molar refractivity (Wildman–Crippen MR) is 80.3 cm³/mol. The van der Waals surface area contributed by atoms with Crippen LogP contribution in [0.25, 0.3) is 0 Å². The second-order valence-corrected chi connectivity index (χ2v) is 6.49. The van der Waals surface area contributed by atoms with Gasteiger partial charge in [-0.2, -0.15) is 0 Å². The Hall–Kier alpha value is -1.39. The first-order valence-corrected chi connectivity index (χ1v) is 7.45. The Labute approximate surface area is 118 Å². The molecular weight excluding hydrogens is 254 g/mol. The third kappa shape index (κ3) is 2.65. The zero-order valence-electron chi connectivity index (χ0n) is 11.4. The van der Waals surface area contributed by atoms with Gasteiger partial charge in [0, 0.05) is 30.7 Å². The molecule has 1 aliphatic heterocycles. The Morgan fingerprint density at radius 2 is 2.21 bits per heavy atom. The van der Waals surface area contributed by atoms with E-state index in [1.54, 1.807) is 16.9 Å². The van der Waals surface area contributed by atoms with E-state index in [0.717, 1.165) is 26.1 Å². The highest BCUT2D eigenvalue weighted by atomic mass is 32.1. The SMILES string of the molecule is Cc1cc(C)c2c(c1)CN(Cc1cnc(N)s1)CC2. The number of thiazole rings is 1. The number of nitrogen functional groups attached to an aromatic ring is 1. The Morgan fingerprint density at radius 1 is 1.37 bits per heavy atom. The summed E-state index contributed by atoms with van der Waals surface area (Å²) in [6, 6.07) is 4.62. The van der Waals surface area contributed by atoms with Crippen molar-refractivity contribution < 1.29 is 0 Å². The monoisotopic (exact) mass is 273 g/mol. The average molecular weight is 273 g/mol. The minimum absolute atomic E-state index is 0.666. The number of hydrogen-bond acceptors (Lipinski definition) is 4. The molecule has 2 N–H and O–H groups in total. The van der Waals surface area contributed by atoms with E-state index >= 15 is 0 Å². The highest BCUT2D eigenvalue weighted by molar-refractivity contribution is 7.15. The van der Waals surface area contributed by atoms with Crippen LogP contribution in [-0.4, -0.2) is 16.4 Å². The third-order valence-corrected chi connectivity index (χ3v) is 4.54. The Bertz CT molecular complexity index is 603. The number of aromatic nitrogens is 1. The molecule has 0 bridgehead atoms. The highest BCUT2D eigenvalue weighted by Crippen LogP contribution is 2.26. The van der Waals surface area contributed by atoms with Crippen LogP contribution in [0.15, 0.2) is 18.3 Å². The van der Waals surface area contributed by atoms with E-state index in [1.165, 1.54) is 21.6 Å². The van der Waals surface area contributed by atoms with Crippen molar-refractivity contribution in [1.29, 1.82) is 0 Å². The molecule has 100 valence electrons. The summed E-state index contributed by atoms with van der Waals surface area (Å²) in [5.74, 6) is 0. The molecule has 1 aromatic carbocycles. The molecule has 0 amide bonds. The van der Waals surface area contributed by atoms with Crippen LogP contribution in [0.3, 0.4) is 0 Å². The van der Waals surface area contributed by atoms with Crippen molar-refractivity contribution in [3.8, 4) is 0 Å². The smallest absolute Gasteiger partial charge is 0.180 e. The molecule has 0 fully saturated rings. The van der Waals surface area contributed by atoms with Crippen LogP contribution < -0.4 is 5.73 Å². The molecule has 4 heteroatoms. The van der Waals surface area contributed by atoms with Crippen molar-refractivity contribution in [1.82, 2.24) is 9.88 Å². The number of rotatable bonds is 2. The van der Waals surface area contributed by atoms with E-state index in [9.17, 15) is 0 Å². The van der Waals surface area contributed by atoms with Gasteiger partial charge in [-0.15, -0.1) is 11.3 Å². The summed E-state index contributed by atoms with van der Waals surface area (Å²) in [5, 5.41) is 0.666. The molecule has 0 unspecified atom stereocenters. The van der Waals surface area contributed by atoms with Crippen LogP contribution in [0.4, 0.5) is 5.13 Å². The van der Waals surface area contributed by atoms with Gasteiger partial charge in [0.05, 0.1) is 0 Å². The molecule has 0 saturated carbocycles. The number of nitrogens with two attached hydrogens (primary N) is 1. The van der Waals surface area contributed by atoms with Gasteiger partial charge >= 0.3 is 0 Å². The van der Waals surface area contributed by atoms with Gasteiger partial charge in [-0.3, -0.25) is 4.90 Å². The standard InChI is InChI=1S/C15H19N3S/c1-10-5-11(2)14-3-4-18(8-12(14)6-10)9-13-7-17-15(16)19-13/h5-7H,3-4,8-9H2,1-2H3,(H2,16,17). The summed E-state index contributed by atoms with van der Waals surface area (Å²) in [6.07, 6.45) is 3.05. The molecular formula is C15H19N3S. The Balaban J connectivity index is 1.78. The molecule has 2 aromatic rings. The molecule has 1 aromatic heterocycles. The molecule has 0 spiro atoms. The minimum atomic E-state index is 0.666. The fraction of sp³-hybridized carbons (Fsp3) is 0.400. The predicted octanol–water partition coefficient (Wildman–Crippen LogP) is 2.90. The van der Waals surface area contributed by atoms with Gasteiger partial charge in [-0.05, 0) is 37.0 Å². The van der Waals surface area contributed by atoms with E-state index in [-0.39, 0.29) is 0 Å². The fourth-order valence-corrected chi connectivity index (χ4v) is 3.65. The second-order valence-electron chi connectivity index (χ2n) is 5.34. The van der Waals surface area contributed by atoms with Crippen LogP contribution >= 0.6 is 11.3 Å². The lowest BCUT2D eigenvalue weighted by molar-refractivity contribution is 0.247. The summed E-state index contributed by atoms with van der Waals surface area (Å²) < 4.78 is 0. The van der Waals surface area contributed by atoms with E-state index in [2.05, 4.69) is 35.9 Å². The van der Waals surface area contributed by atoms with Gasteiger partial charge in [0.25, 0.3) is 0 Å². The van der Waals surface area contributed by atoms with Gasteiger partial charge in [-0.25, -0.2) is 4.98 Å². The van der Waals surface area contributed by atoms with Crippen LogP contribution in [0.1, 0.15) is 27.1 Å². The van der Waals surface area contributed by atoms with Crippen molar-refractivity contribution in [2.45, 2.75) is 33.4 Å². The van der Waals surface area contributed by atoms with E-state index in [4.69, 9.17) is 5.73 Å². The molecule has 1 aliphatic rings. The number of fused-ring (bicyclic) bond motifs is 1. The number of hydrogen-bond donors (Lipinski definition) is 1. The molecule has 3 nitrogen and oxygen atoms in total. The zero-order chi connectivity index (χ0) is 13.4. The van der Waals surface area contributed by atoms with E-state index < -0.39 is 0 Å². The number of benzene rings is 1. The topological polar surface area (TPSA) is 42.2 Å². The van der Waals surface area contributed by atoms with Crippen LogP contribution in [0.5, 0.6) is 0 Å². The summed E-state index contributed by atoms with van der Waals surface area (Å²) in [4.78, 5) is 7.86. The maximum absolute atomic E-state index is 5.69. The maximum Gasteiger partial charge on any atom is 0.180 e. The van der Waals surface area contributed by atoms with Gasteiger partial charge < -0.3 is 5.73 Å². The quantitative estimate of drug-likeness (QED) is 0.915. The van der Waals surface area contributed by atoms with Crippen molar-refractivity contribution in [3.05, 3.63) is 45.5 Å². The molecule has 0 atom stereocenters. The lowest BCUT2D eigenvalue weighted by atomic mass is 9.93. The normalized spacial score (nSPS) is 15.5. The van der Waals surface area contributed by atoms with Crippen molar-refractivity contribution in [3.63, 3.8) is 0 Å². The van der Waals surface area contributed by atoms with Gasteiger partial charge in [0.1, 0.15) is 0 Å². The highest BCUT2D eigenvalue weighted by Gasteiger charge is 2.18. The maximum atomic E-state index is 5.69. The summed E-state index contributed by atoms with van der Waals surface area (Å²) in [6.45, 7) is 7.52. The zero-order valence-corrected chi connectivity index (χ0v) is 12.3. The Morgan fingerprint density at radius 3 is 2.95 bits per heavy atom. The summed E-state index contributed by atoms with van der Waals surface area (Å²) >= 11 is 1.59. The largest absolute Gasteiger partial charge is 0.375 e. The molecule has 2 heterocycles. The number of nitrogens with zero attached hydrogens (tertiary/aromatic N) is 2. The molecule has 0 saturated heterocycles. The molecule has 19 heavy (non-hydrogen) atoms. The van der Waals surface area contributed by atoms with Crippen LogP contribution in [0.2, 0.25) is 0 Å². The number of aryl methyl sites for hydroxylation is 2. The van der Waals surface area contributed by atoms with Gasteiger partial charge in [0.15, 0.2) is 5.13 Å². The summed E-state index contributed by atoms with van der Waals surface area (Å²) in [5.41, 5.74) is 11.5. The van der Waals surface area contributed by atoms with Gasteiger partial charge in [0.2, 0.25) is 0 Å². The first-order valence-electron chi connectivity index (χ1n) is 6.63. The van der Waals surface area contributed by atoms with Crippen molar-refractivity contribution in [2.24, 2.45) is 0 Å². The van der Waals surface area contributed by atoms with Crippen molar-refractivity contribution in [2.75, 3.05) is 12.3 Å². The fourth-order valence-electron chi connectivity index (χ4n) is 2.93. The van der Waals surface area contributed by atoms with Crippen LogP contribution in [0, 0.1) is 13.8 Å². The third-order valence-electron chi connectivity index (χ3n) is 3.73. The van der Waals surface area contributed by atoms with Gasteiger partial charge in [-0.1, -0.05) is 17.7 Å². The lowest BCUT2D eigenvalue weighted by Gasteiger charge is -2.29. The first-order chi connectivity index (χ1) is 9.11. The van der Waals surface area contributed by atoms with E-state index in [0.29, 0.717) is 5.13 Å². The minimum Gasteiger partial charge on any atom is -0.375 e. The van der Waals surface area contributed by atoms with Crippen LogP contribution in [-0.2, 0) is 19.5 Å². The Kier molecular flexibility index (Phi) is 3.29. The molecule has 0 aliphatic carbocycles. The van der Waals surface area contributed by atoms with E-state index in [1.807, 2.05) is 6.20 Å². The lowest BCUT2D eigenvalue weighted by Crippen LogP contribution is -2.30.